The molecule has 0 bridgehead atoms. The van der Waals surface area contributed by atoms with Crippen LogP contribution in [-0.4, -0.2) is 57.3 Å². The van der Waals surface area contributed by atoms with Crippen molar-refractivity contribution in [1.29, 1.82) is 0 Å². The van der Waals surface area contributed by atoms with Gasteiger partial charge < -0.3 is 0 Å². The number of rotatable bonds is 6. The molecule has 31 aromatic rings. The Morgan fingerprint density at radius 3 is 0.770 bits per heavy atom. The number of aromatic nitrogens is 12. The first-order valence-electron chi connectivity index (χ1n) is 46.1. The van der Waals surface area contributed by atoms with Crippen LogP contribution >= 0.6 is 34.0 Å². The topological polar surface area (TPSA) is 158 Å². The minimum Gasteiger partial charge on any atom is -0.276 e. The molecule has 0 aliphatic rings. The molecule has 15 nitrogen and oxygen atoms in total. The Bertz CT molecular complexity index is 10600. The zero-order valence-corrected chi connectivity index (χ0v) is 76.0. The van der Waals surface area contributed by atoms with Crippen molar-refractivity contribution < 1.29 is 0 Å². The molecule has 0 aliphatic carbocycles. The quantitative estimate of drug-likeness (QED) is 0.148. The van der Waals surface area contributed by atoms with Crippen molar-refractivity contribution in [1.82, 2.24) is 57.3 Å². The SMILES string of the molecule is O=c1c2ccccc2c2cnc(-n3c4ccccc4c4c5ccccc5c5c6ccccc6sc5c43)nc2n1-c1ccc2ccccc2c1.O=c1c2ccccc2c2cnc(-n3c4ccccc4c4c5ccccc5c5c6ccccc6sc5c43)nc2n1-c1ccccc1.O=c1c2ccccc2c2cnc(-n3c4ccccc4c4c5ccccc5c5c6ccccc6sc5c43)nc2n1-c1ccccc1. The molecule has 12 aromatic heterocycles. The molecule has 139 heavy (non-hydrogen) atoms. The lowest BCUT2D eigenvalue weighted by atomic mass is 9.99. The van der Waals surface area contributed by atoms with Gasteiger partial charge in [0.05, 0.1) is 64.3 Å². The minimum atomic E-state index is -0.108. The summed E-state index contributed by atoms with van der Waals surface area (Å²) in [7, 11) is 0. The molecule has 0 atom stereocenters. The molecule has 0 saturated carbocycles. The number of para-hydroxylation sites is 5. The van der Waals surface area contributed by atoms with Crippen LogP contribution in [0, 0.1) is 0 Å². The third-order valence-corrected chi connectivity index (χ3v) is 31.5. The maximum Gasteiger partial charge on any atom is 0.264 e. The van der Waals surface area contributed by atoms with Gasteiger partial charge in [0.25, 0.3) is 16.7 Å². The van der Waals surface area contributed by atoms with Crippen LogP contribution in [0.5, 0.6) is 0 Å². The molecule has 0 radical (unpaired) electrons. The number of fused-ring (bicyclic) bond motifs is 40. The molecule has 0 fully saturated rings. The van der Waals surface area contributed by atoms with Crippen LogP contribution in [0.1, 0.15) is 0 Å². The third kappa shape index (κ3) is 11.5. The third-order valence-electron chi connectivity index (χ3n) is 27.9. The molecular weight excluding hydrogens is 1770 g/mol. The Morgan fingerprint density at radius 1 is 0.187 bits per heavy atom. The van der Waals surface area contributed by atoms with Crippen molar-refractivity contribution in [2.45, 2.75) is 0 Å². The molecule has 0 unspecified atom stereocenters. The number of hydrogen-bond acceptors (Lipinski definition) is 12. The molecule has 19 aromatic carbocycles. The summed E-state index contributed by atoms with van der Waals surface area (Å²) < 4.78 is 19.1. The highest BCUT2D eigenvalue weighted by atomic mass is 32.1. The van der Waals surface area contributed by atoms with E-state index in [1.807, 2.05) is 182 Å². The monoisotopic (exact) mass is 1830 g/mol. The van der Waals surface area contributed by atoms with E-state index in [0.29, 0.717) is 50.9 Å². The summed E-state index contributed by atoms with van der Waals surface area (Å²) in [5.41, 5.74) is 10.0. The van der Waals surface area contributed by atoms with Gasteiger partial charge in [-0.05, 0) is 150 Å². The van der Waals surface area contributed by atoms with Gasteiger partial charge in [-0.1, -0.05) is 303 Å². The maximum absolute atomic E-state index is 14.4. The van der Waals surface area contributed by atoms with Crippen LogP contribution in [0.2, 0.25) is 0 Å². The summed E-state index contributed by atoms with van der Waals surface area (Å²) >= 11 is 5.42. The standard InChI is InChI=1S/C43H24N4OS.2C39H22N4OS/c48-42-31-16-6-3-13-28(31)34-24-44-43(45-41(34)46(42)27-22-21-25-11-1-2-12-26(25)23-27)47-35-19-9-7-17-32(35)37-29-14-4-5-15-30(29)38-33-18-8-10-20-36(33)49-40(38)39(37)47;2*44-38-27-17-7-4-14-24(27)30-22-40-39(41-37(30)42(38)23-12-2-1-3-13-23)43-31-20-10-8-18-28(31)33-25-15-5-6-16-26(25)34-29-19-9-11-21-32(29)45-36(34)35(33)43/h1-24H;2*1-22H. The zero-order valence-electron chi connectivity index (χ0n) is 73.6. The van der Waals surface area contributed by atoms with E-state index < -0.39 is 0 Å². The van der Waals surface area contributed by atoms with Crippen molar-refractivity contribution in [2.75, 3.05) is 0 Å². The van der Waals surface area contributed by atoms with E-state index in [4.69, 9.17) is 29.9 Å². The van der Waals surface area contributed by atoms with Crippen molar-refractivity contribution in [3.05, 3.63) is 444 Å². The van der Waals surface area contributed by atoms with Crippen LogP contribution in [0.3, 0.4) is 0 Å². The van der Waals surface area contributed by atoms with Gasteiger partial charge in [-0.2, -0.15) is 15.0 Å². The van der Waals surface area contributed by atoms with Gasteiger partial charge in [-0.25, -0.2) is 15.0 Å². The summed E-state index contributed by atoms with van der Waals surface area (Å²) in [6.45, 7) is 0. The summed E-state index contributed by atoms with van der Waals surface area (Å²) in [5, 5.41) is 30.9. The van der Waals surface area contributed by atoms with Crippen molar-refractivity contribution in [3.8, 4) is 34.9 Å². The largest absolute Gasteiger partial charge is 0.276 e. The van der Waals surface area contributed by atoms with E-state index in [1.165, 1.54) is 109 Å². The number of hydrogen-bond donors (Lipinski definition) is 0. The van der Waals surface area contributed by atoms with Crippen LogP contribution in [0.25, 0.3) is 269 Å². The predicted octanol–water partition coefficient (Wildman–Crippen LogP) is 29.8. The smallest absolute Gasteiger partial charge is 0.264 e. The molecule has 31 rings (SSSR count). The molecule has 0 N–H and O–H groups in total. The summed E-state index contributed by atoms with van der Waals surface area (Å²) in [4.78, 5) is 73.7. The number of benzene rings is 19. The highest BCUT2D eigenvalue weighted by Crippen LogP contribution is 2.53. The second-order valence-electron chi connectivity index (χ2n) is 35.3. The van der Waals surface area contributed by atoms with E-state index in [0.717, 1.165) is 109 Å². The maximum atomic E-state index is 14.4. The van der Waals surface area contributed by atoms with Crippen LogP contribution in [0.15, 0.2) is 427 Å². The first-order valence-corrected chi connectivity index (χ1v) is 48.5. The minimum absolute atomic E-state index is 0.103. The number of pyridine rings is 3. The molecule has 12 heterocycles. The molecule has 0 saturated heterocycles. The summed E-state index contributed by atoms with van der Waals surface area (Å²) in [6, 6.07) is 135. The lowest BCUT2D eigenvalue weighted by Crippen LogP contribution is -2.20. The van der Waals surface area contributed by atoms with Gasteiger partial charge in [0.15, 0.2) is 16.9 Å². The number of nitrogens with zero attached hydrogens (tertiary/aromatic N) is 12. The molecule has 18 heteroatoms. The molecule has 0 amide bonds. The first-order chi connectivity index (χ1) is 68.8. The van der Waals surface area contributed by atoms with Gasteiger partial charge in [-0.3, -0.25) is 41.8 Å². The molecule has 648 valence electrons. The fourth-order valence-electron chi connectivity index (χ4n) is 22.1. The fourth-order valence-corrected chi connectivity index (χ4v) is 25.8. The molecular formula is C121H68N12O3S3. The normalized spacial score (nSPS) is 12.1. The lowest BCUT2D eigenvalue weighted by molar-refractivity contribution is 0.966. The second-order valence-corrected chi connectivity index (χ2v) is 38.4. The summed E-state index contributed by atoms with van der Waals surface area (Å²) in [5.74, 6) is 1.58. The Hall–Kier alpha value is -18.1. The second kappa shape index (κ2) is 30.5. The van der Waals surface area contributed by atoms with Gasteiger partial charge in [0.2, 0.25) is 17.8 Å². The van der Waals surface area contributed by atoms with Crippen molar-refractivity contribution >= 4 is 268 Å². The van der Waals surface area contributed by atoms with E-state index in [-0.39, 0.29) is 16.7 Å². The van der Waals surface area contributed by atoms with E-state index in [2.05, 4.69) is 256 Å². The Labute approximate surface area is 798 Å². The van der Waals surface area contributed by atoms with Crippen molar-refractivity contribution in [3.63, 3.8) is 0 Å². The highest BCUT2D eigenvalue weighted by Gasteiger charge is 2.30. The first kappa shape index (κ1) is 78.4. The van der Waals surface area contributed by atoms with Crippen LogP contribution < -0.4 is 16.7 Å². The van der Waals surface area contributed by atoms with Gasteiger partial charge in [0, 0.05) is 130 Å². The lowest BCUT2D eigenvalue weighted by Gasteiger charge is -2.15. The van der Waals surface area contributed by atoms with Crippen LogP contribution in [0.4, 0.5) is 0 Å². The van der Waals surface area contributed by atoms with E-state index in [1.54, 1.807) is 36.4 Å². The Morgan fingerprint density at radius 2 is 0.439 bits per heavy atom. The predicted molar refractivity (Wildman–Crippen MR) is 580 cm³/mol. The van der Waals surface area contributed by atoms with E-state index in [9.17, 15) is 14.4 Å². The zero-order chi connectivity index (χ0) is 91.5. The van der Waals surface area contributed by atoms with Crippen molar-refractivity contribution in [2.24, 2.45) is 0 Å². The van der Waals surface area contributed by atoms with Crippen LogP contribution in [-0.2, 0) is 0 Å². The average molecular weight is 1830 g/mol. The van der Waals surface area contributed by atoms with E-state index >= 15 is 0 Å². The van der Waals surface area contributed by atoms with Gasteiger partial charge >= 0.3 is 0 Å². The molecule has 0 spiro atoms. The summed E-state index contributed by atoms with van der Waals surface area (Å²) in [6.07, 6.45) is 5.64. The number of thiophene rings is 3. The Kier molecular flexibility index (Phi) is 17.2. The van der Waals surface area contributed by atoms with Gasteiger partial charge in [0.1, 0.15) is 0 Å². The van der Waals surface area contributed by atoms with Gasteiger partial charge in [-0.15, -0.1) is 34.0 Å². The molecule has 0 aliphatic heterocycles. The Balaban J connectivity index is 0.000000100. The highest BCUT2D eigenvalue weighted by molar-refractivity contribution is 7.28. The average Bonchev–Trinajstić information content (AvgIpc) is 1.52. The fraction of sp³-hybridized carbons (Fsp3) is 0.